The zero-order valence-electron chi connectivity index (χ0n) is 15.5. The number of nitrogens with zero attached hydrogens (tertiary/aromatic N) is 1. The third kappa shape index (κ3) is 6.33. The van der Waals surface area contributed by atoms with Crippen molar-refractivity contribution in [2.24, 2.45) is 11.8 Å². The van der Waals surface area contributed by atoms with Crippen LogP contribution in [0.3, 0.4) is 0 Å². The van der Waals surface area contributed by atoms with E-state index >= 15 is 0 Å². The molecule has 1 saturated carbocycles. The van der Waals surface area contributed by atoms with E-state index in [1.165, 1.54) is 32.1 Å². The van der Waals surface area contributed by atoms with Crippen LogP contribution in [-0.4, -0.2) is 42.5 Å². The van der Waals surface area contributed by atoms with Crippen molar-refractivity contribution in [2.75, 3.05) is 19.6 Å². The van der Waals surface area contributed by atoms with Gasteiger partial charge in [0.05, 0.1) is 0 Å². The second-order valence-electron chi connectivity index (χ2n) is 7.85. The third-order valence-electron chi connectivity index (χ3n) is 5.33. The van der Waals surface area contributed by atoms with Gasteiger partial charge < -0.3 is 15.5 Å². The summed E-state index contributed by atoms with van der Waals surface area (Å²) in [6, 6.07) is 0.444. The summed E-state index contributed by atoms with van der Waals surface area (Å²) in [4.78, 5) is 26.3. The summed E-state index contributed by atoms with van der Waals surface area (Å²) in [6.07, 6.45) is 10.8. The summed E-state index contributed by atoms with van der Waals surface area (Å²) >= 11 is 0. The number of carbonyl (C=O) groups is 2. The normalized spacial score (nSPS) is 23.5. The quantitative estimate of drug-likeness (QED) is 0.827. The van der Waals surface area contributed by atoms with Crippen LogP contribution in [0.25, 0.3) is 0 Å². The lowest BCUT2D eigenvalue weighted by molar-refractivity contribution is -0.124. The highest BCUT2D eigenvalue weighted by atomic mass is 16.2. The van der Waals surface area contributed by atoms with Crippen LogP contribution in [0.4, 0.5) is 4.79 Å². The van der Waals surface area contributed by atoms with Gasteiger partial charge >= 0.3 is 6.03 Å². The van der Waals surface area contributed by atoms with Crippen LogP contribution in [0, 0.1) is 11.8 Å². The van der Waals surface area contributed by atoms with E-state index in [0.29, 0.717) is 18.5 Å². The molecule has 0 spiro atoms. The monoisotopic (exact) mass is 337 g/mol. The van der Waals surface area contributed by atoms with Crippen LogP contribution in [0.1, 0.15) is 71.6 Å². The summed E-state index contributed by atoms with van der Waals surface area (Å²) < 4.78 is 0. The minimum atomic E-state index is 0.0207. The predicted octanol–water partition coefficient (Wildman–Crippen LogP) is 3.29. The van der Waals surface area contributed by atoms with Gasteiger partial charge in [0.25, 0.3) is 0 Å². The predicted molar refractivity (Wildman–Crippen MR) is 96.8 cm³/mol. The molecule has 3 amide bonds. The second kappa shape index (κ2) is 9.90. The van der Waals surface area contributed by atoms with Crippen molar-refractivity contribution in [3.63, 3.8) is 0 Å². The molecule has 138 valence electrons. The first-order valence-corrected chi connectivity index (χ1v) is 9.89. The minimum Gasteiger partial charge on any atom is -0.356 e. The van der Waals surface area contributed by atoms with E-state index in [-0.39, 0.29) is 17.9 Å². The smallest absolute Gasteiger partial charge is 0.317 e. The molecule has 2 N–H and O–H groups in total. The van der Waals surface area contributed by atoms with Gasteiger partial charge in [-0.2, -0.15) is 0 Å². The van der Waals surface area contributed by atoms with Crippen molar-refractivity contribution in [3.8, 4) is 0 Å². The Balaban J connectivity index is 1.75. The zero-order chi connectivity index (χ0) is 17.4. The molecule has 2 fully saturated rings. The Labute approximate surface area is 146 Å². The summed E-state index contributed by atoms with van der Waals surface area (Å²) in [5, 5.41) is 6.27. The number of likely N-dealkylation sites (tertiary alicyclic amines) is 1. The van der Waals surface area contributed by atoms with Crippen molar-refractivity contribution in [1.29, 1.82) is 0 Å². The highest BCUT2D eigenvalue weighted by Crippen LogP contribution is 2.19. The van der Waals surface area contributed by atoms with Crippen LogP contribution in [-0.2, 0) is 4.79 Å². The first kappa shape index (κ1) is 19.1. The van der Waals surface area contributed by atoms with E-state index in [0.717, 1.165) is 38.8 Å². The fourth-order valence-electron chi connectivity index (χ4n) is 3.73. The molecule has 0 aromatic rings. The Hall–Kier alpha value is -1.26. The molecule has 0 aromatic carbocycles. The summed E-state index contributed by atoms with van der Waals surface area (Å²) in [6.45, 7) is 6.10. The SMILES string of the molecule is CC(C)C(=O)NCC1CCCN(C(=O)NC2CCCCCCC2)C1. The topological polar surface area (TPSA) is 61.4 Å². The number of piperidine rings is 1. The fraction of sp³-hybridized carbons (Fsp3) is 0.895. The number of amides is 3. The van der Waals surface area contributed by atoms with Crippen molar-refractivity contribution >= 4 is 11.9 Å². The standard InChI is InChI=1S/C19H35N3O2/c1-15(2)18(23)20-13-16-9-8-12-22(14-16)19(24)21-17-10-6-4-3-5-7-11-17/h15-17H,3-14H2,1-2H3,(H,20,23)(H,21,24). The summed E-state index contributed by atoms with van der Waals surface area (Å²) in [5.41, 5.74) is 0. The average Bonchev–Trinajstić information content (AvgIpc) is 2.55. The molecule has 1 heterocycles. The van der Waals surface area contributed by atoms with Gasteiger partial charge in [-0.15, -0.1) is 0 Å². The van der Waals surface area contributed by atoms with Crippen LogP contribution in [0.2, 0.25) is 0 Å². The Morgan fingerprint density at radius 1 is 1.00 bits per heavy atom. The summed E-state index contributed by atoms with van der Waals surface area (Å²) in [7, 11) is 0. The van der Waals surface area contributed by atoms with Gasteiger partial charge in [-0.25, -0.2) is 4.79 Å². The maximum Gasteiger partial charge on any atom is 0.317 e. The highest BCUT2D eigenvalue weighted by molar-refractivity contribution is 5.77. The number of hydrogen-bond acceptors (Lipinski definition) is 2. The number of nitrogens with one attached hydrogen (secondary N) is 2. The van der Waals surface area contributed by atoms with Gasteiger partial charge in [0, 0.05) is 31.6 Å². The van der Waals surface area contributed by atoms with Crippen molar-refractivity contribution in [1.82, 2.24) is 15.5 Å². The molecule has 2 rings (SSSR count). The van der Waals surface area contributed by atoms with Crippen molar-refractivity contribution in [2.45, 2.75) is 77.7 Å². The van der Waals surface area contributed by atoms with E-state index in [4.69, 9.17) is 0 Å². The highest BCUT2D eigenvalue weighted by Gasteiger charge is 2.25. The minimum absolute atomic E-state index is 0.0207. The zero-order valence-corrected chi connectivity index (χ0v) is 15.5. The van der Waals surface area contributed by atoms with E-state index in [1.807, 2.05) is 18.7 Å². The van der Waals surface area contributed by atoms with Gasteiger partial charge in [-0.3, -0.25) is 4.79 Å². The fourth-order valence-corrected chi connectivity index (χ4v) is 3.73. The Bertz CT molecular complexity index is 403. The Kier molecular flexibility index (Phi) is 7.86. The molecule has 1 saturated heterocycles. The van der Waals surface area contributed by atoms with Crippen LogP contribution in [0.15, 0.2) is 0 Å². The van der Waals surface area contributed by atoms with E-state index in [2.05, 4.69) is 10.6 Å². The molecule has 5 nitrogen and oxygen atoms in total. The largest absolute Gasteiger partial charge is 0.356 e. The van der Waals surface area contributed by atoms with Crippen LogP contribution >= 0.6 is 0 Å². The Morgan fingerprint density at radius 3 is 2.33 bits per heavy atom. The summed E-state index contributed by atoms with van der Waals surface area (Å²) in [5.74, 6) is 0.503. The van der Waals surface area contributed by atoms with Gasteiger partial charge in [0.2, 0.25) is 5.91 Å². The number of hydrogen-bond donors (Lipinski definition) is 2. The molecule has 0 bridgehead atoms. The van der Waals surface area contributed by atoms with Crippen molar-refractivity contribution in [3.05, 3.63) is 0 Å². The molecule has 0 aromatic heterocycles. The molecular formula is C19H35N3O2. The number of rotatable bonds is 4. The van der Waals surface area contributed by atoms with E-state index in [1.54, 1.807) is 0 Å². The lowest BCUT2D eigenvalue weighted by atomic mass is 9.96. The third-order valence-corrected chi connectivity index (χ3v) is 5.33. The van der Waals surface area contributed by atoms with Gasteiger partial charge in [0.15, 0.2) is 0 Å². The maximum atomic E-state index is 12.6. The molecule has 24 heavy (non-hydrogen) atoms. The average molecular weight is 338 g/mol. The molecule has 1 atom stereocenters. The molecule has 5 heteroatoms. The maximum absolute atomic E-state index is 12.6. The van der Waals surface area contributed by atoms with Gasteiger partial charge in [-0.05, 0) is 31.6 Å². The molecule has 1 aliphatic carbocycles. The first-order chi connectivity index (χ1) is 11.6. The van der Waals surface area contributed by atoms with Crippen molar-refractivity contribution < 1.29 is 9.59 Å². The van der Waals surface area contributed by atoms with E-state index in [9.17, 15) is 9.59 Å². The molecule has 1 unspecified atom stereocenters. The molecular weight excluding hydrogens is 302 g/mol. The molecule has 2 aliphatic rings. The van der Waals surface area contributed by atoms with Gasteiger partial charge in [0.1, 0.15) is 0 Å². The van der Waals surface area contributed by atoms with E-state index < -0.39 is 0 Å². The van der Waals surface area contributed by atoms with Gasteiger partial charge in [-0.1, -0.05) is 46.0 Å². The second-order valence-corrected chi connectivity index (χ2v) is 7.85. The first-order valence-electron chi connectivity index (χ1n) is 9.89. The lowest BCUT2D eigenvalue weighted by Crippen LogP contribution is -2.50. The molecule has 1 aliphatic heterocycles. The Morgan fingerprint density at radius 2 is 1.67 bits per heavy atom. The van der Waals surface area contributed by atoms with Crippen LogP contribution < -0.4 is 10.6 Å². The number of carbonyl (C=O) groups excluding carboxylic acids is 2. The number of urea groups is 1. The lowest BCUT2D eigenvalue weighted by Gasteiger charge is -2.34. The molecule has 0 radical (unpaired) electrons. The van der Waals surface area contributed by atoms with Crippen LogP contribution in [0.5, 0.6) is 0 Å².